The molecule has 0 aliphatic carbocycles. The second-order valence-electron chi connectivity index (χ2n) is 3.17. The predicted octanol–water partition coefficient (Wildman–Crippen LogP) is 3.83. The van der Waals surface area contributed by atoms with Crippen LogP contribution in [0.5, 0.6) is 0 Å². The van der Waals surface area contributed by atoms with E-state index in [9.17, 15) is 0 Å². The van der Waals surface area contributed by atoms with Crippen LogP contribution in [0.15, 0.2) is 15.9 Å². The van der Waals surface area contributed by atoms with Gasteiger partial charge in [-0.05, 0) is 34.5 Å². The van der Waals surface area contributed by atoms with Gasteiger partial charge in [-0.1, -0.05) is 0 Å². The van der Waals surface area contributed by atoms with Crippen molar-refractivity contribution in [1.82, 2.24) is 0 Å². The molecular formula is C9H10BrClOS. The van der Waals surface area contributed by atoms with Crippen LogP contribution in [0.4, 0.5) is 0 Å². The average Bonchev–Trinajstić information content (AvgIpc) is 2.72. The van der Waals surface area contributed by atoms with E-state index in [0.717, 1.165) is 23.4 Å². The summed E-state index contributed by atoms with van der Waals surface area (Å²) in [6, 6.07) is 4.13. The molecule has 1 fully saturated rings. The minimum Gasteiger partial charge on any atom is -0.381 e. The maximum Gasteiger partial charge on any atom is 0.0729 e. The first-order chi connectivity index (χ1) is 6.27. The fraction of sp³-hybridized carbons (Fsp3) is 0.556. The van der Waals surface area contributed by atoms with Crippen LogP contribution in [0, 0.1) is 5.92 Å². The molecule has 2 rings (SSSR count). The first kappa shape index (κ1) is 9.97. The lowest BCUT2D eigenvalue weighted by atomic mass is 10.0. The Kier molecular flexibility index (Phi) is 3.30. The zero-order chi connectivity index (χ0) is 9.26. The Balaban J connectivity index is 2.07. The van der Waals surface area contributed by atoms with E-state index < -0.39 is 0 Å². The predicted molar refractivity (Wildman–Crippen MR) is 59.5 cm³/mol. The molecule has 0 amide bonds. The maximum atomic E-state index is 6.34. The van der Waals surface area contributed by atoms with Gasteiger partial charge in [-0.25, -0.2) is 0 Å². The van der Waals surface area contributed by atoms with E-state index in [2.05, 4.69) is 22.0 Å². The molecule has 13 heavy (non-hydrogen) atoms. The molecule has 2 heterocycles. The van der Waals surface area contributed by atoms with E-state index in [1.165, 1.54) is 4.88 Å². The van der Waals surface area contributed by atoms with Gasteiger partial charge in [-0.3, -0.25) is 0 Å². The summed E-state index contributed by atoms with van der Waals surface area (Å²) < 4.78 is 6.46. The van der Waals surface area contributed by atoms with Crippen LogP contribution in [0.2, 0.25) is 0 Å². The molecule has 0 saturated carbocycles. The Bertz CT molecular complexity index is 283. The van der Waals surface area contributed by atoms with Crippen LogP contribution in [0.25, 0.3) is 0 Å². The first-order valence-corrected chi connectivity index (χ1v) is 6.29. The Morgan fingerprint density at radius 2 is 2.46 bits per heavy atom. The van der Waals surface area contributed by atoms with Crippen molar-refractivity contribution < 1.29 is 4.74 Å². The molecule has 4 heteroatoms. The van der Waals surface area contributed by atoms with Gasteiger partial charge in [-0.15, -0.1) is 22.9 Å². The highest BCUT2D eigenvalue weighted by Crippen LogP contribution is 2.38. The Morgan fingerprint density at radius 3 is 3.00 bits per heavy atom. The van der Waals surface area contributed by atoms with Crippen molar-refractivity contribution in [2.45, 2.75) is 11.8 Å². The van der Waals surface area contributed by atoms with Gasteiger partial charge in [0.25, 0.3) is 0 Å². The molecule has 1 nitrogen and oxygen atoms in total. The molecule has 0 spiro atoms. The third-order valence-corrected chi connectivity index (χ3v) is 4.67. The summed E-state index contributed by atoms with van der Waals surface area (Å²) in [6.07, 6.45) is 1.09. The van der Waals surface area contributed by atoms with E-state index in [0.29, 0.717) is 5.92 Å². The third kappa shape index (κ3) is 2.27. The van der Waals surface area contributed by atoms with Crippen LogP contribution >= 0.6 is 38.9 Å². The molecule has 0 aromatic carbocycles. The lowest BCUT2D eigenvalue weighted by molar-refractivity contribution is 0.185. The van der Waals surface area contributed by atoms with Crippen LogP contribution in [0.1, 0.15) is 16.7 Å². The summed E-state index contributed by atoms with van der Waals surface area (Å²) in [5, 5.41) is 0.124. The maximum absolute atomic E-state index is 6.34. The smallest absolute Gasteiger partial charge is 0.0729 e. The van der Waals surface area contributed by atoms with Gasteiger partial charge in [0.05, 0.1) is 15.8 Å². The molecule has 0 bridgehead atoms. The molecule has 0 radical (unpaired) electrons. The van der Waals surface area contributed by atoms with Gasteiger partial charge in [0, 0.05) is 17.4 Å². The number of thiophene rings is 1. The number of hydrogen-bond donors (Lipinski definition) is 0. The molecule has 72 valence electrons. The van der Waals surface area contributed by atoms with E-state index in [-0.39, 0.29) is 5.38 Å². The summed E-state index contributed by atoms with van der Waals surface area (Å²) in [4.78, 5) is 1.24. The fourth-order valence-electron chi connectivity index (χ4n) is 1.49. The van der Waals surface area contributed by atoms with E-state index >= 15 is 0 Å². The number of alkyl halides is 1. The lowest BCUT2D eigenvalue weighted by Crippen LogP contribution is -2.05. The van der Waals surface area contributed by atoms with Gasteiger partial charge in [-0.2, -0.15) is 0 Å². The van der Waals surface area contributed by atoms with Crippen molar-refractivity contribution in [2.24, 2.45) is 5.92 Å². The normalized spacial score (nSPS) is 24.9. The minimum absolute atomic E-state index is 0.124. The Labute approximate surface area is 95.2 Å². The average molecular weight is 282 g/mol. The van der Waals surface area contributed by atoms with Crippen molar-refractivity contribution in [2.75, 3.05) is 13.2 Å². The molecule has 1 aromatic heterocycles. The highest BCUT2D eigenvalue weighted by molar-refractivity contribution is 9.11. The number of ether oxygens (including phenoxy) is 1. The molecular weight excluding hydrogens is 272 g/mol. The molecule has 1 aromatic rings. The van der Waals surface area contributed by atoms with Crippen molar-refractivity contribution in [1.29, 1.82) is 0 Å². The van der Waals surface area contributed by atoms with Crippen LogP contribution in [-0.2, 0) is 4.74 Å². The summed E-state index contributed by atoms with van der Waals surface area (Å²) in [7, 11) is 0. The van der Waals surface area contributed by atoms with Gasteiger partial charge < -0.3 is 4.74 Å². The molecule has 1 saturated heterocycles. The zero-order valence-electron chi connectivity index (χ0n) is 7.00. The third-order valence-electron chi connectivity index (χ3n) is 2.24. The summed E-state index contributed by atoms with van der Waals surface area (Å²) >= 11 is 11.5. The van der Waals surface area contributed by atoms with Crippen molar-refractivity contribution in [3.63, 3.8) is 0 Å². The highest BCUT2D eigenvalue weighted by Gasteiger charge is 2.26. The largest absolute Gasteiger partial charge is 0.381 e. The highest BCUT2D eigenvalue weighted by atomic mass is 79.9. The van der Waals surface area contributed by atoms with E-state index in [4.69, 9.17) is 16.3 Å². The first-order valence-electron chi connectivity index (χ1n) is 4.24. The molecule has 2 atom stereocenters. The number of halogens is 2. The number of rotatable bonds is 2. The van der Waals surface area contributed by atoms with Crippen molar-refractivity contribution in [3.8, 4) is 0 Å². The van der Waals surface area contributed by atoms with Gasteiger partial charge in [0.1, 0.15) is 0 Å². The monoisotopic (exact) mass is 280 g/mol. The quantitative estimate of drug-likeness (QED) is 0.749. The van der Waals surface area contributed by atoms with E-state index in [1.807, 2.05) is 6.07 Å². The van der Waals surface area contributed by atoms with Gasteiger partial charge in [0.2, 0.25) is 0 Å². The van der Waals surface area contributed by atoms with Crippen LogP contribution in [-0.4, -0.2) is 13.2 Å². The topological polar surface area (TPSA) is 9.23 Å². The minimum atomic E-state index is 0.124. The fourth-order valence-corrected chi connectivity index (χ4v) is 3.39. The molecule has 1 aliphatic rings. The van der Waals surface area contributed by atoms with Crippen LogP contribution in [0.3, 0.4) is 0 Å². The number of hydrogen-bond acceptors (Lipinski definition) is 2. The van der Waals surface area contributed by atoms with Gasteiger partial charge >= 0.3 is 0 Å². The summed E-state index contributed by atoms with van der Waals surface area (Å²) in [5.41, 5.74) is 0. The standard InChI is InChI=1S/C9H10BrClOS/c10-8-2-1-7(13-8)9(11)6-3-4-12-5-6/h1-2,6,9H,3-5H2. The van der Waals surface area contributed by atoms with Crippen LogP contribution < -0.4 is 0 Å². The zero-order valence-corrected chi connectivity index (χ0v) is 10.2. The molecule has 1 aliphatic heterocycles. The van der Waals surface area contributed by atoms with Crippen molar-refractivity contribution in [3.05, 3.63) is 20.8 Å². The Morgan fingerprint density at radius 1 is 1.62 bits per heavy atom. The molecule has 0 N–H and O–H groups in total. The second-order valence-corrected chi connectivity index (χ2v) is 6.13. The van der Waals surface area contributed by atoms with Crippen molar-refractivity contribution >= 4 is 38.9 Å². The Hall–Kier alpha value is 0.430. The summed E-state index contributed by atoms with van der Waals surface area (Å²) in [5.74, 6) is 0.493. The summed E-state index contributed by atoms with van der Waals surface area (Å²) in [6.45, 7) is 1.67. The van der Waals surface area contributed by atoms with Gasteiger partial charge in [0.15, 0.2) is 0 Å². The molecule has 2 unspecified atom stereocenters. The van der Waals surface area contributed by atoms with E-state index in [1.54, 1.807) is 11.3 Å². The SMILES string of the molecule is ClC(c1ccc(Br)s1)C1CCOC1. The lowest BCUT2D eigenvalue weighted by Gasteiger charge is -2.12. The second kappa shape index (κ2) is 4.30.